The minimum atomic E-state index is -0.678. The van der Waals surface area contributed by atoms with Gasteiger partial charge in [0.05, 0.1) is 10.5 Å². The fraction of sp³-hybridized carbons (Fsp3) is 0.200. The van der Waals surface area contributed by atoms with Gasteiger partial charge in [0.15, 0.2) is 0 Å². The highest BCUT2D eigenvalue weighted by Gasteiger charge is 2.17. The summed E-state index contributed by atoms with van der Waals surface area (Å²) in [6.07, 6.45) is 0. The predicted octanol–water partition coefficient (Wildman–Crippen LogP) is 4.39. The van der Waals surface area contributed by atoms with E-state index in [1.54, 1.807) is 19.1 Å². The van der Waals surface area contributed by atoms with Gasteiger partial charge in [-0.1, -0.05) is 12.1 Å². The molecule has 0 aliphatic rings. The molecule has 2 aromatic carbocycles. The molecule has 2 N–H and O–H groups in total. The van der Waals surface area contributed by atoms with Crippen molar-refractivity contribution in [1.29, 1.82) is 0 Å². The molecule has 2 rings (SSSR count). The quantitative estimate of drug-likeness (QED) is 0.870. The van der Waals surface area contributed by atoms with Crippen molar-refractivity contribution in [3.8, 4) is 0 Å². The van der Waals surface area contributed by atoms with Gasteiger partial charge in [0.25, 0.3) is 0 Å². The zero-order valence-corrected chi connectivity index (χ0v) is 12.3. The minimum absolute atomic E-state index is 0.353. The van der Waals surface area contributed by atoms with Crippen LogP contribution in [0.5, 0.6) is 0 Å². The molecule has 0 bridgehead atoms. The molecule has 0 heterocycles. The molecule has 2 aromatic rings. The van der Waals surface area contributed by atoms with Crippen molar-refractivity contribution in [2.45, 2.75) is 19.9 Å². The molecule has 0 amide bonds. The second-order valence-corrected chi connectivity index (χ2v) is 5.48. The number of rotatable bonds is 2. The third-order valence-electron chi connectivity index (χ3n) is 3.09. The molecule has 4 heteroatoms. The molecule has 100 valence electrons. The lowest BCUT2D eigenvalue weighted by Crippen LogP contribution is -2.15. The van der Waals surface area contributed by atoms with Gasteiger partial charge in [0.2, 0.25) is 0 Å². The van der Waals surface area contributed by atoms with Gasteiger partial charge in [0, 0.05) is 5.56 Å². The van der Waals surface area contributed by atoms with Crippen LogP contribution < -0.4 is 5.73 Å². The highest BCUT2D eigenvalue weighted by atomic mass is 79.9. The number of halogens is 3. The van der Waals surface area contributed by atoms with Gasteiger partial charge >= 0.3 is 0 Å². The first-order chi connectivity index (χ1) is 8.90. The van der Waals surface area contributed by atoms with Gasteiger partial charge in [-0.25, -0.2) is 8.78 Å². The van der Waals surface area contributed by atoms with Gasteiger partial charge in [-0.05, 0) is 64.7 Å². The molecular formula is C15H14BrF2N. The maximum Gasteiger partial charge on any atom is 0.137 e. The number of hydrogen-bond acceptors (Lipinski definition) is 1. The Hall–Kier alpha value is -1.26. The molecule has 0 aliphatic carbocycles. The van der Waals surface area contributed by atoms with Crippen LogP contribution in [-0.2, 0) is 0 Å². The van der Waals surface area contributed by atoms with E-state index < -0.39 is 11.9 Å². The first-order valence-electron chi connectivity index (χ1n) is 5.87. The normalized spacial score (nSPS) is 12.5. The Kier molecular flexibility index (Phi) is 4.02. The molecule has 0 aliphatic heterocycles. The van der Waals surface area contributed by atoms with Crippen molar-refractivity contribution < 1.29 is 8.78 Å². The standard InChI is InChI=1S/C15H14BrF2N/c1-8-5-9(2)14(13(18)6-8)15(19)10-3-4-11(16)12(17)7-10/h3-7,15H,19H2,1-2H3. The van der Waals surface area contributed by atoms with Crippen LogP contribution in [0.25, 0.3) is 0 Å². The Morgan fingerprint density at radius 3 is 2.32 bits per heavy atom. The van der Waals surface area contributed by atoms with Crippen molar-refractivity contribution in [3.05, 3.63) is 68.7 Å². The average molecular weight is 326 g/mol. The summed E-state index contributed by atoms with van der Waals surface area (Å²) < 4.78 is 27.9. The van der Waals surface area contributed by atoms with E-state index in [1.807, 2.05) is 13.0 Å². The van der Waals surface area contributed by atoms with Crippen LogP contribution >= 0.6 is 15.9 Å². The van der Waals surface area contributed by atoms with E-state index in [1.165, 1.54) is 12.1 Å². The van der Waals surface area contributed by atoms with Crippen LogP contribution in [0.15, 0.2) is 34.8 Å². The second-order valence-electron chi connectivity index (χ2n) is 4.63. The van der Waals surface area contributed by atoms with E-state index >= 15 is 0 Å². The van der Waals surface area contributed by atoms with Gasteiger partial charge in [-0.15, -0.1) is 0 Å². The highest BCUT2D eigenvalue weighted by molar-refractivity contribution is 9.10. The lowest BCUT2D eigenvalue weighted by atomic mass is 9.94. The lowest BCUT2D eigenvalue weighted by molar-refractivity contribution is 0.591. The number of benzene rings is 2. The fourth-order valence-corrected chi connectivity index (χ4v) is 2.44. The zero-order chi connectivity index (χ0) is 14.2. The lowest BCUT2D eigenvalue weighted by Gasteiger charge is -2.17. The summed E-state index contributed by atoms with van der Waals surface area (Å²) in [4.78, 5) is 0. The summed E-state index contributed by atoms with van der Waals surface area (Å²) in [5.74, 6) is -0.758. The molecule has 0 saturated carbocycles. The van der Waals surface area contributed by atoms with Crippen LogP contribution in [-0.4, -0.2) is 0 Å². The molecule has 0 spiro atoms. The van der Waals surface area contributed by atoms with E-state index in [0.29, 0.717) is 15.6 Å². The van der Waals surface area contributed by atoms with Crippen molar-refractivity contribution in [2.75, 3.05) is 0 Å². The van der Waals surface area contributed by atoms with Crippen LogP contribution in [0, 0.1) is 25.5 Å². The highest BCUT2D eigenvalue weighted by Crippen LogP contribution is 2.28. The Labute approximate surface area is 119 Å². The summed E-state index contributed by atoms with van der Waals surface area (Å²) in [6, 6.07) is 7.23. The largest absolute Gasteiger partial charge is 0.320 e. The van der Waals surface area contributed by atoms with Crippen molar-refractivity contribution >= 4 is 15.9 Å². The molecule has 1 nitrogen and oxygen atoms in total. The first-order valence-corrected chi connectivity index (χ1v) is 6.66. The smallest absolute Gasteiger partial charge is 0.137 e. The summed E-state index contributed by atoms with van der Waals surface area (Å²) >= 11 is 3.08. The Bertz CT molecular complexity index is 603. The van der Waals surface area contributed by atoms with E-state index in [0.717, 1.165) is 11.1 Å². The van der Waals surface area contributed by atoms with Crippen molar-refractivity contribution in [1.82, 2.24) is 0 Å². The number of hydrogen-bond donors (Lipinski definition) is 1. The molecule has 0 fully saturated rings. The van der Waals surface area contributed by atoms with Crippen LogP contribution in [0.1, 0.15) is 28.3 Å². The Morgan fingerprint density at radius 1 is 1.05 bits per heavy atom. The Balaban J connectivity index is 2.49. The van der Waals surface area contributed by atoms with E-state index in [-0.39, 0.29) is 5.82 Å². The first kappa shape index (κ1) is 14.2. The molecule has 0 saturated heterocycles. The van der Waals surface area contributed by atoms with Gasteiger partial charge in [0.1, 0.15) is 11.6 Å². The summed E-state index contributed by atoms with van der Waals surface area (Å²) in [7, 11) is 0. The summed E-state index contributed by atoms with van der Waals surface area (Å²) in [5.41, 5.74) is 8.63. The number of nitrogens with two attached hydrogens (primary N) is 1. The van der Waals surface area contributed by atoms with Gasteiger partial charge < -0.3 is 5.73 Å². The van der Waals surface area contributed by atoms with E-state index in [9.17, 15) is 8.78 Å². The van der Waals surface area contributed by atoms with E-state index in [4.69, 9.17) is 5.73 Å². The minimum Gasteiger partial charge on any atom is -0.320 e. The molecule has 0 aromatic heterocycles. The van der Waals surface area contributed by atoms with Gasteiger partial charge in [-0.2, -0.15) is 0 Å². The molecule has 1 unspecified atom stereocenters. The second kappa shape index (κ2) is 5.39. The molecule has 1 atom stereocenters. The third-order valence-corrected chi connectivity index (χ3v) is 3.74. The third kappa shape index (κ3) is 2.85. The topological polar surface area (TPSA) is 26.0 Å². The van der Waals surface area contributed by atoms with Crippen LogP contribution in [0.3, 0.4) is 0 Å². The molecule has 0 radical (unpaired) electrons. The maximum absolute atomic E-state index is 14.0. The summed E-state index contributed by atoms with van der Waals surface area (Å²) in [5, 5.41) is 0. The van der Waals surface area contributed by atoms with E-state index in [2.05, 4.69) is 15.9 Å². The summed E-state index contributed by atoms with van der Waals surface area (Å²) in [6.45, 7) is 3.63. The number of aryl methyl sites for hydroxylation is 2. The predicted molar refractivity (Wildman–Crippen MR) is 76.0 cm³/mol. The molecule has 19 heavy (non-hydrogen) atoms. The van der Waals surface area contributed by atoms with Gasteiger partial charge in [-0.3, -0.25) is 0 Å². The van der Waals surface area contributed by atoms with Crippen LogP contribution in [0.2, 0.25) is 0 Å². The van der Waals surface area contributed by atoms with Crippen molar-refractivity contribution in [2.24, 2.45) is 5.73 Å². The SMILES string of the molecule is Cc1cc(C)c(C(N)c2ccc(Br)c(F)c2)c(F)c1. The maximum atomic E-state index is 14.0. The van der Waals surface area contributed by atoms with Crippen LogP contribution in [0.4, 0.5) is 8.78 Å². The van der Waals surface area contributed by atoms with Crippen molar-refractivity contribution in [3.63, 3.8) is 0 Å². The average Bonchev–Trinajstić information content (AvgIpc) is 2.31. The molecular weight excluding hydrogens is 312 g/mol. The Morgan fingerprint density at radius 2 is 1.74 bits per heavy atom. The fourth-order valence-electron chi connectivity index (χ4n) is 2.19. The zero-order valence-electron chi connectivity index (χ0n) is 10.7. The monoisotopic (exact) mass is 325 g/mol.